The van der Waals surface area contributed by atoms with Crippen molar-refractivity contribution in [2.75, 3.05) is 10.6 Å². The van der Waals surface area contributed by atoms with Crippen LogP contribution >= 0.6 is 0 Å². The number of aryl methyl sites for hydroxylation is 2. The van der Waals surface area contributed by atoms with E-state index in [0.717, 1.165) is 48.0 Å². The second-order valence-corrected chi connectivity index (χ2v) is 10.9. The van der Waals surface area contributed by atoms with Crippen LogP contribution in [0.4, 0.5) is 29.5 Å². The molecule has 0 fully saturated rings. The fraction of sp³-hybridized carbons (Fsp3) is 0.429. The highest BCUT2D eigenvalue weighted by Crippen LogP contribution is 2.40. The van der Waals surface area contributed by atoms with E-state index in [1.54, 1.807) is 19.9 Å². The van der Waals surface area contributed by atoms with E-state index in [9.17, 15) is 22.8 Å². The summed E-state index contributed by atoms with van der Waals surface area (Å²) < 4.78 is 46.6. The Morgan fingerprint density at radius 1 is 1.03 bits per heavy atom. The van der Waals surface area contributed by atoms with Crippen molar-refractivity contribution in [1.29, 1.82) is 0 Å². The summed E-state index contributed by atoms with van der Waals surface area (Å²) in [6.07, 6.45) is -2.81. The molecule has 0 saturated heterocycles. The Bertz CT molecular complexity index is 1450. The molecule has 39 heavy (non-hydrogen) atoms. The number of alkyl halides is 3. The zero-order valence-electron chi connectivity index (χ0n) is 22.8. The van der Waals surface area contributed by atoms with Crippen LogP contribution in [0.1, 0.15) is 75.2 Å². The van der Waals surface area contributed by atoms with Crippen molar-refractivity contribution >= 4 is 34.4 Å². The Morgan fingerprint density at radius 3 is 2.36 bits per heavy atom. The molecule has 0 saturated carbocycles. The van der Waals surface area contributed by atoms with Gasteiger partial charge in [-0.05, 0) is 89.3 Å². The number of halogens is 3. The summed E-state index contributed by atoms with van der Waals surface area (Å²) in [6, 6.07) is 4.53. The van der Waals surface area contributed by atoms with Gasteiger partial charge in [0, 0.05) is 29.1 Å². The first-order chi connectivity index (χ1) is 18.1. The van der Waals surface area contributed by atoms with Crippen molar-refractivity contribution in [1.82, 2.24) is 15.3 Å². The third kappa shape index (κ3) is 6.58. The number of amides is 2. The van der Waals surface area contributed by atoms with Gasteiger partial charge in [-0.3, -0.25) is 4.79 Å². The first-order valence-corrected chi connectivity index (χ1v) is 12.7. The maximum atomic E-state index is 13.6. The van der Waals surface area contributed by atoms with Gasteiger partial charge in [-0.2, -0.15) is 13.2 Å². The molecule has 0 spiro atoms. The van der Waals surface area contributed by atoms with Crippen LogP contribution in [0.5, 0.6) is 5.75 Å². The molecule has 1 heterocycles. The molecular weight excluding hydrogens is 511 g/mol. The minimum atomic E-state index is -4.60. The topological polar surface area (TPSA) is 105 Å². The number of carbonyl (C=O) groups excluding carboxylic acids is 2. The number of rotatable bonds is 5. The van der Waals surface area contributed by atoms with E-state index < -0.39 is 35.3 Å². The van der Waals surface area contributed by atoms with Gasteiger partial charge in [0.05, 0.1) is 17.1 Å². The van der Waals surface area contributed by atoms with Crippen LogP contribution in [-0.4, -0.2) is 27.5 Å². The molecule has 0 aliphatic heterocycles. The fourth-order valence-corrected chi connectivity index (χ4v) is 4.70. The van der Waals surface area contributed by atoms with Gasteiger partial charge in [-0.1, -0.05) is 0 Å². The molecule has 3 N–H and O–H groups in total. The quantitative estimate of drug-likeness (QED) is 0.341. The molecule has 11 heteroatoms. The smallest absolute Gasteiger partial charge is 0.410 e. The van der Waals surface area contributed by atoms with Crippen molar-refractivity contribution < 1.29 is 27.5 Å². The van der Waals surface area contributed by atoms with Crippen molar-refractivity contribution in [3.8, 4) is 5.75 Å². The zero-order valence-corrected chi connectivity index (χ0v) is 22.8. The largest absolute Gasteiger partial charge is 0.416 e. The highest BCUT2D eigenvalue weighted by atomic mass is 19.4. The molecule has 2 aromatic carbocycles. The van der Waals surface area contributed by atoms with Crippen molar-refractivity contribution in [3.05, 3.63) is 52.3 Å². The Hall–Kier alpha value is -3.89. The third-order valence-corrected chi connectivity index (χ3v) is 6.27. The van der Waals surface area contributed by atoms with Crippen LogP contribution in [0, 0.1) is 6.92 Å². The summed E-state index contributed by atoms with van der Waals surface area (Å²) in [5.41, 5.74) is 1.60. The number of fused-ring (bicyclic) bond motifs is 3. The second-order valence-electron chi connectivity index (χ2n) is 10.9. The van der Waals surface area contributed by atoms with Crippen LogP contribution in [0.15, 0.2) is 24.3 Å². The van der Waals surface area contributed by atoms with Gasteiger partial charge in [0.2, 0.25) is 5.91 Å². The van der Waals surface area contributed by atoms with Gasteiger partial charge in [0.15, 0.2) is 0 Å². The molecule has 0 bridgehead atoms. The Balaban J connectivity index is 1.76. The van der Waals surface area contributed by atoms with E-state index >= 15 is 0 Å². The van der Waals surface area contributed by atoms with Crippen molar-refractivity contribution in [3.63, 3.8) is 0 Å². The first kappa shape index (κ1) is 28.1. The predicted molar refractivity (Wildman–Crippen MR) is 143 cm³/mol. The molecule has 1 aliphatic rings. The number of hydrogen-bond donors (Lipinski definition) is 3. The maximum absolute atomic E-state index is 13.6. The molecule has 1 aromatic heterocycles. The molecule has 1 atom stereocenters. The summed E-state index contributed by atoms with van der Waals surface area (Å²) in [6.45, 7) is 10.2. The number of anilines is 2. The third-order valence-electron chi connectivity index (χ3n) is 6.27. The highest BCUT2D eigenvalue weighted by molar-refractivity contribution is 5.95. The van der Waals surface area contributed by atoms with Gasteiger partial charge in [-0.25, -0.2) is 14.8 Å². The summed E-state index contributed by atoms with van der Waals surface area (Å²) in [5.74, 6) is 0.829. The molecule has 4 rings (SSSR count). The molecule has 0 unspecified atom stereocenters. The highest BCUT2D eigenvalue weighted by Gasteiger charge is 2.32. The van der Waals surface area contributed by atoms with Crippen LogP contribution in [0.25, 0.3) is 10.9 Å². The fourth-order valence-electron chi connectivity index (χ4n) is 4.70. The number of aromatic nitrogens is 2. The standard InChI is InChI=1S/C28H32F3N5O3/c1-14(17-10-18(28(29,30)31)12-19(11-17)35-16(3)37)32-25-22-13-23(39-26(38)36-27(4,5)6)20-8-7-9-21(20)24(22)33-15(2)34-25/h10-14H,7-9H2,1-6H3,(H,35,37)(H,36,38)(H,32,33,34)/t14-/m1/s1. The van der Waals surface area contributed by atoms with Crippen molar-refractivity contribution in [2.45, 2.75) is 78.6 Å². The summed E-state index contributed by atoms with van der Waals surface area (Å²) in [4.78, 5) is 33.3. The molecule has 208 valence electrons. The summed E-state index contributed by atoms with van der Waals surface area (Å²) in [5, 5.41) is 9.05. The van der Waals surface area contributed by atoms with Gasteiger partial charge >= 0.3 is 12.3 Å². The number of nitrogens with one attached hydrogen (secondary N) is 3. The Kier molecular flexibility index (Phi) is 7.46. The Morgan fingerprint density at radius 2 is 1.72 bits per heavy atom. The molecule has 3 aromatic rings. The van der Waals surface area contributed by atoms with Gasteiger partial charge in [-0.15, -0.1) is 0 Å². The van der Waals surface area contributed by atoms with Crippen LogP contribution in [-0.2, 0) is 23.8 Å². The minimum absolute atomic E-state index is 0.0445. The molecule has 0 radical (unpaired) electrons. The summed E-state index contributed by atoms with van der Waals surface area (Å²) >= 11 is 0. The molecule has 1 aliphatic carbocycles. The number of nitrogens with zero attached hydrogens (tertiary/aromatic N) is 2. The second kappa shape index (κ2) is 10.3. The van der Waals surface area contributed by atoms with Crippen LogP contribution in [0.2, 0.25) is 0 Å². The normalized spacial score (nSPS) is 14.1. The van der Waals surface area contributed by atoms with E-state index in [0.29, 0.717) is 28.3 Å². The lowest BCUT2D eigenvalue weighted by atomic mass is 10.0. The predicted octanol–water partition coefficient (Wildman–Crippen LogP) is 6.46. The van der Waals surface area contributed by atoms with E-state index in [1.165, 1.54) is 13.0 Å². The van der Waals surface area contributed by atoms with E-state index in [2.05, 4.69) is 25.9 Å². The SMILES string of the molecule is CC(=O)Nc1cc([C@@H](C)Nc2nc(C)nc3c4c(c(OC(=O)NC(C)(C)C)cc23)CCC4)cc(C(F)(F)F)c1. The zero-order chi connectivity index (χ0) is 28.7. The van der Waals surface area contributed by atoms with Gasteiger partial charge in [0.25, 0.3) is 0 Å². The lowest BCUT2D eigenvalue weighted by molar-refractivity contribution is -0.137. The van der Waals surface area contributed by atoms with Crippen molar-refractivity contribution in [2.24, 2.45) is 0 Å². The van der Waals surface area contributed by atoms with E-state index in [4.69, 9.17) is 4.74 Å². The average Bonchev–Trinajstić information content (AvgIpc) is 3.28. The minimum Gasteiger partial charge on any atom is -0.410 e. The van der Waals surface area contributed by atoms with E-state index in [1.807, 2.05) is 20.8 Å². The lowest BCUT2D eigenvalue weighted by Crippen LogP contribution is -2.42. The summed E-state index contributed by atoms with van der Waals surface area (Å²) in [7, 11) is 0. The number of carbonyl (C=O) groups is 2. The molecule has 8 nitrogen and oxygen atoms in total. The number of ether oxygens (including phenoxy) is 1. The molecular formula is C28H32F3N5O3. The molecule has 2 amide bonds. The van der Waals surface area contributed by atoms with Crippen LogP contribution in [0.3, 0.4) is 0 Å². The monoisotopic (exact) mass is 543 g/mol. The average molecular weight is 544 g/mol. The van der Waals surface area contributed by atoms with E-state index in [-0.39, 0.29) is 5.69 Å². The maximum Gasteiger partial charge on any atom is 0.416 e. The van der Waals surface area contributed by atoms with Gasteiger partial charge in [0.1, 0.15) is 17.4 Å². The van der Waals surface area contributed by atoms with Gasteiger partial charge < -0.3 is 20.7 Å². The number of benzene rings is 2. The first-order valence-electron chi connectivity index (χ1n) is 12.7. The lowest BCUT2D eigenvalue weighted by Gasteiger charge is -2.22. The van der Waals surface area contributed by atoms with Crippen LogP contribution < -0.4 is 20.7 Å². The number of hydrogen-bond acceptors (Lipinski definition) is 6. The Labute approximate surface area is 224 Å².